The van der Waals surface area contributed by atoms with E-state index in [0.717, 1.165) is 10.0 Å². The van der Waals surface area contributed by atoms with Crippen LogP contribution in [0.3, 0.4) is 0 Å². The third kappa shape index (κ3) is 3.24. The fourth-order valence-corrected chi connectivity index (χ4v) is 2.01. The van der Waals surface area contributed by atoms with Crippen molar-refractivity contribution < 1.29 is 9.72 Å². The average molecular weight is 338 g/mol. The van der Waals surface area contributed by atoms with Gasteiger partial charge in [0.1, 0.15) is 5.69 Å². The van der Waals surface area contributed by atoms with Crippen LogP contribution in [0, 0.1) is 10.1 Å². The molecule has 7 heteroatoms. The lowest BCUT2D eigenvalue weighted by molar-refractivity contribution is -0.384. The Hall–Kier alpha value is -2.15. The summed E-state index contributed by atoms with van der Waals surface area (Å²) in [6, 6.07) is 8.80. The third-order valence-corrected chi connectivity index (χ3v) is 3.33. The van der Waals surface area contributed by atoms with Gasteiger partial charge in [-0.3, -0.25) is 14.9 Å². The van der Waals surface area contributed by atoms with Gasteiger partial charge in [0.15, 0.2) is 0 Å². The molecule has 0 fully saturated rings. The predicted molar refractivity (Wildman–Crippen MR) is 77.4 cm³/mol. The summed E-state index contributed by atoms with van der Waals surface area (Å²) in [4.78, 5) is 22.1. The largest absolute Gasteiger partial charge is 0.347 e. The number of carbonyl (C=O) groups is 1. The average Bonchev–Trinajstić information content (AvgIpc) is 2.80. The molecule has 20 heavy (non-hydrogen) atoms. The van der Waals surface area contributed by atoms with E-state index in [9.17, 15) is 14.9 Å². The predicted octanol–water partition coefficient (Wildman–Crippen LogP) is 2.63. The minimum atomic E-state index is -0.522. The summed E-state index contributed by atoms with van der Waals surface area (Å²) in [5.74, 6) is -0.344. The molecule has 1 heterocycles. The second kappa shape index (κ2) is 5.87. The first-order valence-corrected chi connectivity index (χ1v) is 6.60. The highest BCUT2D eigenvalue weighted by Gasteiger charge is 2.17. The van der Waals surface area contributed by atoms with Gasteiger partial charge in [0, 0.05) is 24.1 Å². The molecule has 1 amide bonds. The standard InChI is InChI=1S/C13H12BrN3O3/c1-16-8-11(17(19)20)6-12(16)13(18)15-7-9-2-4-10(14)5-3-9/h2-6,8H,7H2,1H3,(H,15,18). The van der Waals surface area contributed by atoms with Crippen LogP contribution in [0.1, 0.15) is 16.1 Å². The number of hydrogen-bond donors (Lipinski definition) is 1. The molecule has 0 aliphatic rings. The third-order valence-electron chi connectivity index (χ3n) is 2.80. The number of hydrogen-bond acceptors (Lipinski definition) is 3. The zero-order valence-corrected chi connectivity index (χ0v) is 12.3. The summed E-state index contributed by atoms with van der Waals surface area (Å²) in [5, 5.41) is 13.4. The molecule has 6 nitrogen and oxygen atoms in total. The molecule has 1 N–H and O–H groups in total. The van der Waals surface area contributed by atoms with Crippen molar-refractivity contribution in [1.29, 1.82) is 0 Å². The van der Waals surface area contributed by atoms with E-state index in [1.54, 1.807) is 7.05 Å². The second-order valence-electron chi connectivity index (χ2n) is 4.26. The molecule has 0 atom stereocenters. The number of aryl methyl sites for hydroxylation is 1. The van der Waals surface area contributed by atoms with Crippen LogP contribution < -0.4 is 5.32 Å². The number of nitrogens with zero attached hydrogens (tertiary/aromatic N) is 2. The molecule has 2 rings (SSSR count). The highest BCUT2D eigenvalue weighted by atomic mass is 79.9. The quantitative estimate of drug-likeness (QED) is 0.688. The van der Waals surface area contributed by atoms with Gasteiger partial charge in [-0.1, -0.05) is 28.1 Å². The van der Waals surface area contributed by atoms with E-state index < -0.39 is 4.92 Å². The Balaban J connectivity index is 2.05. The molecular weight excluding hydrogens is 326 g/mol. The Bertz CT molecular complexity index is 649. The van der Waals surface area contributed by atoms with Crippen LogP contribution in [-0.4, -0.2) is 15.4 Å². The molecule has 0 bridgehead atoms. The number of nitro groups is 1. The number of carbonyl (C=O) groups excluding carboxylic acids is 1. The maximum atomic E-state index is 12.0. The molecule has 0 saturated carbocycles. The SMILES string of the molecule is Cn1cc([N+](=O)[O-])cc1C(=O)NCc1ccc(Br)cc1. The van der Waals surface area contributed by atoms with E-state index in [2.05, 4.69) is 21.2 Å². The minimum absolute atomic E-state index is 0.0960. The Labute approximate surface area is 123 Å². The summed E-state index contributed by atoms with van der Waals surface area (Å²) < 4.78 is 2.40. The minimum Gasteiger partial charge on any atom is -0.347 e. The second-order valence-corrected chi connectivity index (χ2v) is 5.18. The highest BCUT2D eigenvalue weighted by molar-refractivity contribution is 9.10. The van der Waals surface area contributed by atoms with Crippen molar-refractivity contribution in [2.24, 2.45) is 7.05 Å². The lowest BCUT2D eigenvalue weighted by Crippen LogP contribution is -2.24. The van der Waals surface area contributed by atoms with E-state index in [4.69, 9.17) is 0 Å². The Morgan fingerprint density at radius 2 is 2.05 bits per heavy atom. The number of rotatable bonds is 4. The topological polar surface area (TPSA) is 77.2 Å². The van der Waals surface area contributed by atoms with E-state index >= 15 is 0 Å². The van der Waals surface area contributed by atoms with Crippen molar-refractivity contribution in [2.45, 2.75) is 6.54 Å². The van der Waals surface area contributed by atoms with Gasteiger partial charge in [-0.25, -0.2) is 0 Å². The van der Waals surface area contributed by atoms with Gasteiger partial charge in [-0.15, -0.1) is 0 Å². The number of aromatic nitrogens is 1. The molecule has 0 spiro atoms. The number of amides is 1. The maximum Gasteiger partial charge on any atom is 0.287 e. The molecule has 1 aromatic carbocycles. The maximum absolute atomic E-state index is 12.0. The van der Waals surface area contributed by atoms with Crippen molar-refractivity contribution in [3.63, 3.8) is 0 Å². The molecule has 0 aliphatic carbocycles. The molecule has 2 aromatic rings. The van der Waals surface area contributed by atoms with Crippen LogP contribution >= 0.6 is 15.9 Å². The van der Waals surface area contributed by atoms with Crippen molar-refractivity contribution in [1.82, 2.24) is 9.88 Å². The number of nitrogens with one attached hydrogen (secondary N) is 1. The lowest BCUT2D eigenvalue weighted by Gasteiger charge is -2.05. The normalized spacial score (nSPS) is 10.3. The van der Waals surface area contributed by atoms with Gasteiger partial charge in [0.05, 0.1) is 11.1 Å². The molecule has 0 radical (unpaired) electrons. The van der Waals surface area contributed by atoms with Crippen LogP contribution in [0.25, 0.3) is 0 Å². The van der Waals surface area contributed by atoms with Crippen LogP contribution in [-0.2, 0) is 13.6 Å². The first kappa shape index (κ1) is 14.3. The molecule has 0 saturated heterocycles. The van der Waals surface area contributed by atoms with Gasteiger partial charge in [-0.2, -0.15) is 0 Å². The Morgan fingerprint density at radius 3 is 2.60 bits per heavy atom. The molecule has 1 aromatic heterocycles. The first-order chi connectivity index (χ1) is 9.47. The summed E-state index contributed by atoms with van der Waals surface area (Å²) in [7, 11) is 1.60. The van der Waals surface area contributed by atoms with E-state index in [0.29, 0.717) is 6.54 Å². The summed E-state index contributed by atoms with van der Waals surface area (Å²) in [6.45, 7) is 0.366. The molecular formula is C13H12BrN3O3. The van der Waals surface area contributed by atoms with Crippen LogP contribution in [0.15, 0.2) is 41.0 Å². The Kier molecular flexibility index (Phi) is 4.19. The summed E-state index contributed by atoms with van der Waals surface area (Å²) in [5.41, 5.74) is 1.11. The number of halogens is 1. The Morgan fingerprint density at radius 1 is 1.40 bits per heavy atom. The van der Waals surface area contributed by atoms with Crippen LogP contribution in [0.4, 0.5) is 5.69 Å². The smallest absolute Gasteiger partial charge is 0.287 e. The van der Waals surface area contributed by atoms with E-state index in [1.807, 2.05) is 24.3 Å². The fourth-order valence-electron chi connectivity index (χ4n) is 1.75. The summed E-state index contributed by atoms with van der Waals surface area (Å²) in [6.07, 6.45) is 1.31. The van der Waals surface area contributed by atoms with Crippen molar-refractivity contribution in [3.05, 3.63) is 62.4 Å². The van der Waals surface area contributed by atoms with Gasteiger partial charge in [0.2, 0.25) is 0 Å². The molecule has 104 valence electrons. The van der Waals surface area contributed by atoms with Crippen LogP contribution in [0.5, 0.6) is 0 Å². The first-order valence-electron chi connectivity index (χ1n) is 5.81. The van der Waals surface area contributed by atoms with Crippen molar-refractivity contribution >= 4 is 27.5 Å². The lowest BCUT2D eigenvalue weighted by atomic mass is 10.2. The zero-order chi connectivity index (χ0) is 14.7. The summed E-state index contributed by atoms with van der Waals surface area (Å²) >= 11 is 3.33. The molecule has 0 aliphatic heterocycles. The van der Waals surface area contributed by atoms with Gasteiger partial charge >= 0.3 is 0 Å². The van der Waals surface area contributed by atoms with Crippen molar-refractivity contribution in [3.8, 4) is 0 Å². The van der Waals surface area contributed by atoms with Crippen LogP contribution in [0.2, 0.25) is 0 Å². The van der Waals surface area contributed by atoms with E-state index in [-0.39, 0.29) is 17.3 Å². The number of benzene rings is 1. The molecule has 0 unspecified atom stereocenters. The van der Waals surface area contributed by atoms with Crippen molar-refractivity contribution in [2.75, 3.05) is 0 Å². The fraction of sp³-hybridized carbons (Fsp3) is 0.154. The van der Waals surface area contributed by atoms with Gasteiger partial charge in [0.25, 0.3) is 11.6 Å². The monoisotopic (exact) mass is 337 g/mol. The highest BCUT2D eigenvalue weighted by Crippen LogP contribution is 2.15. The zero-order valence-electron chi connectivity index (χ0n) is 10.7. The van der Waals surface area contributed by atoms with E-state index in [1.165, 1.54) is 16.8 Å². The van der Waals surface area contributed by atoms with Gasteiger partial charge < -0.3 is 9.88 Å². The van der Waals surface area contributed by atoms with Gasteiger partial charge in [-0.05, 0) is 17.7 Å².